The summed E-state index contributed by atoms with van der Waals surface area (Å²) in [7, 11) is 1.78. The van der Waals surface area contributed by atoms with Gasteiger partial charge in [-0.15, -0.1) is 12.4 Å². The zero-order valence-corrected chi connectivity index (χ0v) is 16.2. The summed E-state index contributed by atoms with van der Waals surface area (Å²) in [6.07, 6.45) is 5.57. The van der Waals surface area contributed by atoms with E-state index in [0.717, 1.165) is 25.7 Å². The molecule has 2 bridgehead atoms. The fraction of sp³-hybridized carbons (Fsp3) is 0.474. The average Bonchev–Trinajstić information content (AvgIpc) is 3.15. The van der Waals surface area contributed by atoms with Gasteiger partial charge in [-0.2, -0.15) is 5.10 Å². The number of piperidine rings is 1. The highest BCUT2D eigenvalue weighted by Gasteiger charge is 2.37. The largest absolute Gasteiger partial charge is 0.504 e. The summed E-state index contributed by atoms with van der Waals surface area (Å²) >= 11 is 0. The summed E-state index contributed by atoms with van der Waals surface area (Å²) in [4.78, 5) is 14.6. The van der Waals surface area contributed by atoms with Crippen LogP contribution < -0.4 is 5.32 Å². The van der Waals surface area contributed by atoms with Crippen LogP contribution in [0.25, 0.3) is 5.69 Å². The van der Waals surface area contributed by atoms with Crippen LogP contribution in [-0.2, 0) is 0 Å². The lowest BCUT2D eigenvalue weighted by atomic mass is 9.98. The second-order valence-corrected chi connectivity index (χ2v) is 7.42. The third-order valence-corrected chi connectivity index (χ3v) is 5.62. The predicted molar refractivity (Wildman–Crippen MR) is 102 cm³/mol. The molecule has 4 rings (SSSR count). The Hall–Kier alpha value is -2.12. The number of fused-ring (bicyclic) bond motifs is 2. The molecule has 6 nitrogen and oxygen atoms in total. The maximum absolute atomic E-state index is 13.3. The summed E-state index contributed by atoms with van der Waals surface area (Å²) in [5.41, 5.74) is 1.33. The summed E-state index contributed by atoms with van der Waals surface area (Å²) < 4.78 is 14.7. The molecule has 2 aromatic rings. The molecule has 2 aliphatic heterocycles. The number of benzene rings is 1. The molecule has 1 aromatic carbocycles. The lowest BCUT2D eigenvalue weighted by Gasteiger charge is -2.35. The van der Waals surface area contributed by atoms with Crippen LogP contribution >= 0.6 is 12.4 Å². The van der Waals surface area contributed by atoms with E-state index in [1.807, 2.05) is 0 Å². The van der Waals surface area contributed by atoms with Crippen LogP contribution in [0.4, 0.5) is 4.39 Å². The SMILES string of the molecule is Cc1cc(F)ccc1-n1cc(O)c(C(=O)N(C)C2CC3CCC(C2)N3)n1.Cl. The first-order chi connectivity index (χ1) is 12.4. The number of nitrogens with one attached hydrogen (secondary N) is 1. The Morgan fingerprint density at radius 2 is 2.00 bits per heavy atom. The van der Waals surface area contributed by atoms with E-state index in [0.29, 0.717) is 23.3 Å². The maximum Gasteiger partial charge on any atom is 0.278 e. The van der Waals surface area contributed by atoms with Gasteiger partial charge >= 0.3 is 0 Å². The van der Waals surface area contributed by atoms with Crippen LogP contribution in [0, 0.1) is 12.7 Å². The molecule has 2 unspecified atom stereocenters. The molecule has 0 spiro atoms. The third kappa shape index (κ3) is 3.66. The number of aromatic hydroxyl groups is 1. The minimum absolute atomic E-state index is 0. The van der Waals surface area contributed by atoms with Gasteiger partial charge in [0.1, 0.15) is 5.82 Å². The number of aromatic nitrogens is 2. The molecule has 2 N–H and O–H groups in total. The smallest absolute Gasteiger partial charge is 0.278 e. The average molecular weight is 395 g/mol. The van der Waals surface area contributed by atoms with E-state index in [2.05, 4.69) is 10.4 Å². The Balaban J connectivity index is 0.00000210. The normalized spacial score (nSPS) is 23.7. The Labute approximate surface area is 163 Å². The Kier molecular flexibility index (Phi) is 5.44. The van der Waals surface area contributed by atoms with E-state index < -0.39 is 0 Å². The van der Waals surface area contributed by atoms with Crippen molar-refractivity contribution in [3.05, 3.63) is 41.5 Å². The quantitative estimate of drug-likeness (QED) is 0.839. The van der Waals surface area contributed by atoms with E-state index in [4.69, 9.17) is 0 Å². The Bertz CT molecular complexity index is 844. The van der Waals surface area contributed by atoms with Crippen molar-refractivity contribution in [2.45, 2.75) is 50.7 Å². The zero-order valence-electron chi connectivity index (χ0n) is 15.4. The lowest BCUT2D eigenvalue weighted by molar-refractivity contribution is 0.0672. The van der Waals surface area contributed by atoms with Gasteiger partial charge in [-0.3, -0.25) is 4.79 Å². The molecule has 8 heteroatoms. The molecule has 2 saturated heterocycles. The van der Waals surface area contributed by atoms with E-state index in [-0.39, 0.29) is 41.6 Å². The number of nitrogens with zero attached hydrogens (tertiary/aromatic N) is 3. The minimum atomic E-state index is -0.334. The monoisotopic (exact) mass is 394 g/mol. The first kappa shape index (κ1) is 19.6. The third-order valence-electron chi connectivity index (χ3n) is 5.62. The Morgan fingerprint density at radius 1 is 1.33 bits per heavy atom. The van der Waals surface area contributed by atoms with Crippen LogP contribution in [0.5, 0.6) is 5.75 Å². The van der Waals surface area contributed by atoms with E-state index in [1.54, 1.807) is 24.9 Å². The number of hydrogen-bond donors (Lipinski definition) is 2. The number of carbonyl (C=O) groups is 1. The van der Waals surface area contributed by atoms with Crippen molar-refractivity contribution < 1.29 is 14.3 Å². The van der Waals surface area contributed by atoms with Gasteiger partial charge in [0.2, 0.25) is 0 Å². The summed E-state index contributed by atoms with van der Waals surface area (Å²) in [6, 6.07) is 5.41. The summed E-state index contributed by atoms with van der Waals surface area (Å²) in [6.45, 7) is 1.76. The van der Waals surface area contributed by atoms with Crippen molar-refractivity contribution >= 4 is 18.3 Å². The van der Waals surface area contributed by atoms with Crippen molar-refractivity contribution in [2.75, 3.05) is 7.05 Å². The fourth-order valence-corrected chi connectivity index (χ4v) is 4.19. The van der Waals surface area contributed by atoms with Crippen LogP contribution in [0.3, 0.4) is 0 Å². The van der Waals surface area contributed by atoms with Gasteiger partial charge in [-0.05, 0) is 56.4 Å². The molecular weight excluding hydrogens is 371 g/mol. The number of carbonyl (C=O) groups excluding carboxylic acids is 1. The molecule has 2 aliphatic rings. The molecule has 2 atom stereocenters. The zero-order chi connectivity index (χ0) is 18.4. The minimum Gasteiger partial charge on any atom is -0.504 e. The first-order valence-corrected chi connectivity index (χ1v) is 9.00. The van der Waals surface area contributed by atoms with Crippen molar-refractivity contribution in [2.24, 2.45) is 0 Å². The van der Waals surface area contributed by atoms with E-state index in [9.17, 15) is 14.3 Å². The van der Waals surface area contributed by atoms with Gasteiger partial charge in [-0.25, -0.2) is 9.07 Å². The molecule has 3 heterocycles. The van der Waals surface area contributed by atoms with Crippen molar-refractivity contribution in [3.8, 4) is 11.4 Å². The molecule has 0 saturated carbocycles. The van der Waals surface area contributed by atoms with Gasteiger partial charge in [-0.1, -0.05) is 0 Å². The molecule has 0 radical (unpaired) electrons. The van der Waals surface area contributed by atoms with Gasteiger partial charge < -0.3 is 15.3 Å². The highest BCUT2D eigenvalue weighted by molar-refractivity contribution is 5.95. The second kappa shape index (κ2) is 7.48. The van der Waals surface area contributed by atoms with Crippen LogP contribution in [-0.4, -0.2) is 50.9 Å². The van der Waals surface area contributed by atoms with Gasteiger partial charge in [0.15, 0.2) is 11.4 Å². The molecule has 2 fully saturated rings. The van der Waals surface area contributed by atoms with Crippen LogP contribution in [0.1, 0.15) is 41.7 Å². The molecule has 1 amide bonds. The molecule has 1 aromatic heterocycles. The predicted octanol–water partition coefficient (Wildman–Crippen LogP) is 2.80. The number of rotatable bonds is 3. The fourth-order valence-electron chi connectivity index (χ4n) is 4.19. The Morgan fingerprint density at radius 3 is 2.63 bits per heavy atom. The first-order valence-electron chi connectivity index (χ1n) is 9.00. The topological polar surface area (TPSA) is 70.4 Å². The molecule has 27 heavy (non-hydrogen) atoms. The van der Waals surface area contributed by atoms with Gasteiger partial charge in [0, 0.05) is 25.2 Å². The van der Waals surface area contributed by atoms with Gasteiger partial charge in [0.05, 0.1) is 11.9 Å². The maximum atomic E-state index is 13.3. The molecule has 146 valence electrons. The number of aryl methyl sites for hydroxylation is 1. The van der Waals surface area contributed by atoms with Crippen LogP contribution in [0.15, 0.2) is 24.4 Å². The summed E-state index contributed by atoms with van der Waals surface area (Å²) in [5, 5.41) is 18.1. The van der Waals surface area contributed by atoms with E-state index in [1.165, 1.54) is 23.0 Å². The van der Waals surface area contributed by atoms with Gasteiger partial charge in [0.25, 0.3) is 5.91 Å². The van der Waals surface area contributed by atoms with Crippen molar-refractivity contribution in [3.63, 3.8) is 0 Å². The van der Waals surface area contributed by atoms with Crippen molar-refractivity contribution in [1.29, 1.82) is 0 Å². The second-order valence-electron chi connectivity index (χ2n) is 7.42. The number of halogens is 2. The number of amides is 1. The molecular formula is C19H24ClFN4O2. The van der Waals surface area contributed by atoms with Crippen LogP contribution in [0.2, 0.25) is 0 Å². The highest BCUT2D eigenvalue weighted by atomic mass is 35.5. The standard InChI is InChI=1S/C19H23FN4O2.ClH/c1-11-7-12(20)3-6-16(11)24-10-17(25)18(22-24)19(26)23(2)15-8-13-4-5-14(9-15)21-13;/h3,6-7,10,13-15,21,25H,4-5,8-9H2,1-2H3;1H. The van der Waals surface area contributed by atoms with Crippen molar-refractivity contribution in [1.82, 2.24) is 20.0 Å². The lowest BCUT2D eigenvalue weighted by Crippen LogP contribution is -2.48. The number of hydrogen-bond acceptors (Lipinski definition) is 4. The van der Waals surface area contributed by atoms with E-state index >= 15 is 0 Å². The highest BCUT2D eigenvalue weighted by Crippen LogP contribution is 2.30. The summed E-state index contributed by atoms with van der Waals surface area (Å²) in [5.74, 6) is -0.783. The molecule has 0 aliphatic carbocycles.